The summed E-state index contributed by atoms with van der Waals surface area (Å²) in [6, 6.07) is 0. The number of rotatable bonds is 36. The van der Waals surface area contributed by atoms with Crippen molar-refractivity contribution < 1.29 is 9.30 Å². The molecule has 0 aromatic carbocycles. The number of hydrogen-bond donors (Lipinski definition) is 2. The molecule has 2 heterocycles. The third kappa shape index (κ3) is 24.5. The second-order valence-corrected chi connectivity index (χ2v) is 17.4. The van der Waals surface area contributed by atoms with Crippen LogP contribution >= 0.6 is 7.29 Å². The Hall–Kier alpha value is -2.54. The van der Waals surface area contributed by atoms with E-state index in [1.165, 1.54) is 128 Å². The summed E-state index contributed by atoms with van der Waals surface area (Å²) >= 11 is 0. The lowest BCUT2D eigenvalue weighted by Crippen LogP contribution is -2.19. The Balaban J connectivity index is 1.61. The van der Waals surface area contributed by atoms with Gasteiger partial charge < -0.3 is 19.6 Å². The van der Waals surface area contributed by atoms with Gasteiger partial charge in [0.1, 0.15) is 18.2 Å². The van der Waals surface area contributed by atoms with Gasteiger partial charge in [-0.3, -0.25) is 5.09 Å². The van der Waals surface area contributed by atoms with Crippen LogP contribution in [-0.4, -0.2) is 45.2 Å². The lowest BCUT2D eigenvalue weighted by molar-refractivity contribution is 0.165. The molecule has 0 aliphatic rings. The van der Waals surface area contributed by atoms with E-state index in [9.17, 15) is 4.57 Å². The summed E-state index contributed by atoms with van der Waals surface area (Å²) < 4.78 is 22.0. The molecule has 9 heteroatoms. The molecule has 3 N–H and O–H groups in total. The molecule has 53 heavy (non-hydrogen) atoms. The lowest BCUT2D eigenvalue weighted by atomic mass is 10.1. The molecule has 0 saturated heterocycles. The second-order valence-electron chi connectivity index (χ2n) is 14.6. The minimum absolute atomic E-state index is 0.265. The van der Waals surface area contributed by atoms with Crippen LogP contribution in [0.5, 0.6) is 0 Å². The highest BCUT2D eigenvalue weighted by atomic mass is 31.2. The monoisotopic (exact) mass is 753 g/mol. The van der Waals surface area contributed by atoms with Crippen LogP contribution < -0.4 is 10.8 Å². The molecule has 0 fully saturated rings. The Kier molecular flexibility index (Phi) is 28.9. The maximum atomic E-state index is 14.0. The second kappa shape index (κ2) is 32.9. The van der Waals surface area contributed by atoms with Crippen LogP contribution in [0.3, 0.4) is 0 Å². The zero-order valence-corrected chi connectivity index (χ0v) is 34.8. The fourth-order valence-electron chi connectivity index (χ4n) is 6.36. The SMILES string of the molecule is CCCC/C=C\C/C=C\CCCCCCCCCP(=O)(COCCn1cnc2c(N)ncnc21)NCCCCCCCC/C=C\C/C=C\CCCCC. The summed E-state index contributed by atoms with van der Waals surface area (Å²) in [6.45, 7) is 6.30. The molecule has 1 unspecified atom stereocenters. The average Bonchev–Trinajstić information content (AvgIpc) is 3.58. The summed E-state index contributed by atoms with van der Waals surface area (Å²) in [5, 5.41) is 3.48. The molecule has 2 rings (SSSR count). The number of unbranched alkanes of at least 4 members (excludes halogenated alkanes) is 18. The number of anilines is 1. The first kappa shape index (κ1) is 46.6. The molecule has 0 radical (unpaired) electrons. The zero-order valence-electron chi connectivity index (χ0n) is 33.9. The smallest absolute Gasteiger partial charge is 0.172 e. The van der Waals surface area contributed by atoms with E-state index in [4.69, 9.17) is 10.5 Å². The van der Waals surface area contributed by atoms with E-state index in [1.807, 2.05) is 4.57 Å². The minimum Gasteiger partial charge on any atom is -0.382 e. The highest BCUT2D eigenvalue weighted by Gasteiger charge is 2.21. The van der Waals surface area contributed by atoms with Gasteiger partial charge in [0.2, 0.25) is 0 Å². The van der Waals surface area contributed by atoms with Gasteiger partial charge in [0.05, 0.1) is 12.9 Å². The van der Waals surface area contributed by atoms with E-state index < -0.39 is 7.29 Å². The molecule has 0 bridgehead atoms. The molecular formula is C44H77N6O2P. The van der Waals surface area contributed by atoms with Crippen molar-refractivity contribution in [2.24, 2.45) is 0 Å². The Labute approximate surface area is 324 Å². The van der Waals surface area contributed by atoms with E-state index in [0.29, 0.717) is 36.3 Å². The number of ether oxygens (including phenoxy) is 1. The van der Waals surface area contributed by atoms with Crippen molar-refractivity contribution in [2.75, 3.05) is 31.4 Å². The Morgan fingerprint density at radius 1 is 0.660 bits per heavy atom. The number of nitrogens with zero attached hydrogens (tertiary/aromatic N) is 4. The summed E-state index contributed by atoms with van der Waals surface area (Å²) in [7, 11) is -2.63. The third-order valence-electron chi connectivity index (χ3n) is 9.70. The fraction of sp³-hybridized carbons (Fsp3) is 0.705. The third-order valence-corrected chi connectivity index (χ3v) is 12.1. The standard InChI is InChI=1S/C44H77N6O2P/c1-3-5-7-9-11-13-15-17-19-21-23-25-27-29-31-33-35-49-53(51,41-52-37-36-50-40-48-42-43(45)46-39-47-44(42)50)38-34-32-30-28-26-24-22-20-18-16-14-12-10-8-6-4-2/h10-13,16-19,39-40H,3-9,14-15,20-38,41H2,1-2H3,(H,49,51)(H2,45,46,47)/b12-10-,13-11-,18-16-,19-17-. The topological polar surface area (TPSA) is 108 Å². The van der Waals surface area contributed by atoms with Crippen molar-refractivity contribution in [3.8, 4) is 0 Å². The number of nitrogen functional groups attached to an aromatic ring is 1. The predicted octanol–water partition coefficient (Wildman–Crippen LogP) is 12.9. The van der Waals surface area contributed by atoms with Crippen molar-refractivity contribution in [2.45, 2.75) is 174 Å². The molecule has 1 atom stereocenters. The van der Waals surface area contributed by atoms with Gasteiger partial charge in [-0.25, -0.2) is 15.0 Å². The summed E-state index contributed by atoms with van der Waals surface area (Å²) in [4.78, 5) is 12.7. The molecule has 2 aromatic rings. The molecule has 8 nitrogen and oxygen atoms in total. The average molecular weight is 753 g/mol. The van der Waals surface area contributed by atoms with Gasteiger partial charge in [-0.1, -0.05) is 146 Å². The largest absolute Gasteiger partial charge is 0.382 e. The van der Waals surface area contributed by atoms with Crippen molar-refractivity contribution in [1.82, 2.24) is 24.6 Å². The zero-order chi connectivity index (χ0) is 37.9. The van der Waals surface area contributed by atoms with Gasteiger partial charge >= 0.3 is 0 Å². The number of nitrogens with one attached hydrogen (secondary N) is 1. The summed E-state index contributed by atoms with van der Waals surface area (Å²) in [5.41, 5.74) is 7.24. The molecule has 2 aromatic heterocycles. The Morgan fingerprint density at radius 2 is 1.19 bits per heavy atom. The van der Waals surface area contributed by atoms with E-state index >= 15 is 0 Å². The number of hydrogen-bond acceptors (Lipinski definition) is 6. The predicted molar refractivity (Wildman–Crippen MR) is 230 cm³/mol. The van der Waals surface area contributed by atoms with Crippen molar-refractivity contribution in [3.63, 3.8) is 0 Å². The highest BCUT2D eigenvalue weighted by Crippen LogP contribution is 2.42. The minimum atomic E-state index is -2.63. The van der Waals surface area contributed by atoms with Gasteiger partial charge in [-0.15, -0.1) is 0 Å². The van der Waals surface area contributed by atoms with Crippen molar-refractivity contribution in [3.05, 3.63) is 61.3 Å². The van der Waals surface area contributed by atoms with Gasteiger partial charge in [0.25, 0.3) is 0 Å². The molecule has 0 spiro atoms. The number of aromatic nitrogens is 4. The van der Waals surface area contributed by atoms with E-state index in [1.54, 1.807) is 6.33 Å². The molecule has 0 aliphatic carbocycles. The van der Waals surface area contributed by atoms with Gasteiger partial charge in [0, 0.05) is 19.3 Å². The first-order valence-electron chi connectivity index (χ1n) is 21.5. The maximum absolute atomic E-state index is 14.0. The van der Waals surface area contributed by atoms with E-state index in [0.717, 1.165) is 38.6 Å². The van der Waals surface area contributed by atoms with Gasteiger partial charge in [-0.2, -0.15) is 0 Å². The maximum Gasteiger partial charge on any atom is 0.172 e. The van der Waals surface area contributed by atoms with Crippen LogP contribution in [0.15, 0.2) is 61.3 Å². The van der Waals surface area contributed by atoms with Crippen LogP contribution in [0, 0.1) is 0 Å². The highest BCUT2D eigenvalue weighted by molar-refractivity contribution is 7.61. The van der Waals surface area contributed by atoms with Crippen molar-refractivity contribution in [1.29, 1.82) is 0 Å². The first-order chi connectivity index (χ1) is 26.1. The molecule has 300 valence electrons. The quantitative estimate of drug-likeness (QED) is 0.0405. The fourth-order valence-corrected chi connectivity index (χ4v) is 8.47. The first-order valence-corrected chi connectivity index (χ1v) is 23.6. The van der Waals surface area contributed by atoms with Crippen LogP contribution in [0.2, 0.25) is 0 Å². The van der Waals surface area contributed by atoms with Crippen LogP contribution in [0.1, 0.15) is 168 Å². The summed E-state index contributed by atoms with van der Waals surface area (Å²) in [5.74, 6) is 0.376. The van der Waals surface area contributed by atoms with E-state index in [2.05, 4.69) is 82.5 Å². The lowest BCUT2D eigenvalue weighted by Gasteiger charge is -2.20. The number of nitrogens with two attached hydrogens (primary N) is 1. The normalized spacial score (nSPS) is 13.5. The molecule has 0 aliphatic heterocycles. The Morgan fingerprint density at radius 3 is 1.79 bits per heavy atom. The number of imidazole rings is 1. The van der Waals surface area contributed by atoms with Crippen LogP contribution in [-0.2, 0) is 15.8 Å². The number of allylic oxidation sites excluding steroid dienone is 8. The molecule has 0 amide bonds. The van der Waals surface area contributed by atoms with Crippen molar-refractivity contribution >= 4 is 24.3 Å². The van der Waals surface area contributed by atoms with Crippen LogP contribution in [0.25, 0.3) is 11.2 Å². The number of fused-ring (bicyclic) bond motifs is 1. The van der Waals surface area contributed by atoms with Crippen LogP contribution in [0.4, 0.5) is 5.82 Å². The molecule has 0 saturated carbocycles. The summed E-state index contributed by atoms with van der Waals surface area (Å²) in [6.07, 6.45) is 51.9. The van der Waals surface area contributed by atoms with Gasteiger partial charge in [0.15, 0.2) is 18.8 Å². The Bertz CT molecular complexity index is 1320. The van der Waals surface area contributed by atoms with Gasteiger partial charge in [-0.05, 0) is 70.6 Å². The molecular weight excluding hydrogens is 675 g/mol. The van der Waals surface area contributed by atoms with E-state index in [-0.39, 0.29) is 6.35 Å².